The molecule has 1 fully saturated rings. The van der Waals surface area contributed by atoms with Gasteiger partial charge in [-0.2, -0.15) is 0 Å². The minimum Gasteiger partial charge on any atom is -0.352 e. The quantitative estimate of drug-likeness (QED) is 0.747. The van der Waals surface area contributed by atoms with E-state index in [2.05, 4.69) is 41.4 Å². The van der Waals surface area contributed by atoms with Crippen molar-refractivity contribution in [1.82, 2.24) is 10.2 Å². The molecule has 4 nitrogen and oxygen atoms in total. The fourth-order valence-electron chi connectivity index (χ4n) is 3.53. The lowest BCUT2D eigenvalue weighted by Gasteiger charge is -2.33. The lowest BCUT2D eigenvalue weighted by atomic mass is 10.0. The average Bonchev–Trinajstić information content (AvgIpc) is 2.66. The lowest BCUT2D eigenvalue weighted by Crippen LogP contribution is -2.50. The van der Waals surface area contributed by atoms with E-state index in [1.807, 2.05) is 30.3 Å². The zero-order valence-electron chi connectivity index (χ0n) is 16.3. The highest BCUT2D eigenvalue weighted by atomic mass is 35.5. The molecule has 6 heteroatoms. The minimum atomic E-state index is -0.484. The summed E-state index contributed by atoms with van der Waals surface area (Å²) < 4.78 is 0. The molecule has 1 aliphatic rings. The summed E-state index contributed by atoms with van der Waals surface area (Å²) in [7, 11) is 0. The highest BCUT2D eigenvalue weighted by Gasteiger charge is 2.23. The Morgan fingerprint density at radius 3 is 2.32 bits per heavy atom. The van der Waals surface area contributed by atoms with Gasteiger partial charge in [-0.3, -0.25) is 9.69 Å². The van der Waals surface area contributed by atoms with E-state index in [0.29, 0.717) is 6.42 Å². The number of carbonyl (C=O) groups excluding carboxylic acids is 1. The first kappa shape index (κ1) is 24.4. The smallest absolute Gasteiger partial charge is 0.237 e. The van der Waals surface area contributed by atoms with Gasteiger partial charge in [-0.25, -0.2) is 0 Å². The van der Waals surface area contributed by atoms with Crippen molar-refractivity contribution in [2.24, 2.45) is 5.73 Å². The lowest BCUT2D eigenvalue weighted by molar-refractivity contribution is -0.123. The minimum absolute atomic E-state index is 0. The molecule has 1 saturated heterocycles. The SMILES string of the molecule is Cc1ccccc1CN1CCC(NC(=O)C(N)Cc2ccccc2)CC1.Cl.Cl. The molecule has 2 aromatic rings. The Bertz CT molecular complexity index is 719. The zero-order chi connectivity index (χ0) is 18.4. The number of nitrogens with two attached hydrogens (primary N) is 1. The maximum Gasteiger partial charge on any atom is 0.237 e. The molecule has 28 heavy (non-hydrogen) atoms. The summed E-state index contributed by atoms with van der Waals surface area (Å²) in [4.78, 5) is 14.9. The third-order valence-electron chi connectivity index (χ3n) is 5.22. The first-order chi connectivity index (χ1) is 12.6. The molecule has 3 N–H and O–H groups in total. The third-order valence-corrected chi connectivity index (χ3v) is 5.22. The van der Waals surface area contributed by atoms with E-state index in [1.54, 1.807) is 0 Å². The molecule has 2 aromatic carbocycles. The Morgan fingerprint density at radius 2 is 1.68 bits per heavy atom. The van der Waals surface area contributed by atoms with Crippen molar-refractivity contribution >= 4 is 30.7 Å². The number of benzene rings is 2. The topological polar surface area (TPSA) is 58.4 Å². The van der Waals surface area contributed by atoms with Crippen molar-refractivity contribution in [3.8, 4) is 0 Å². The van der Waals surface area contributed by atoms with Crippen LogP contribution in [-0.2, 0) is 17.8 Å². The number of nitrogens with one attached hydrogen (secondary N) is 1. The largest absolute Gasteiger partial charge is 0.352 e. The molecule has 0 aliphatic carbocycles. The highest BCUT2D eigenvalue weighted by molar-refractivity contribution is 5.85. The van der Waals surface area contributed by atoms with Crippen LogP contribution in [0.4, 0.5) is 0 Å². The maximum atomic E-state index is 12.4. The van der Waals surface area contributed by atoms with Crippen LogP contribution in [0.5, 0.6) is 0 Å². The molecule has 0 bridgehead atoms. The summed E-state index contributed by atoms with van der Waals surface area (Å²) in [6.07, 6.45) is 2.55. The summed E-state index contributed by atoms with van der Waals surface area (Å²) in [5, 5.41) is 3.14. The molecule has 1 unspecified atom stereocenters. The predicted octanol–water partition coefficient (Wildman–Crippen LogP) is 3.49. The van der Waals surface area contributed by atoms with Crippen molar-refractivity contribution < 1.29 is 4.79 Å². The van der Waals surface area contributed by atoms with Crippen molar-refractivity contribution in [2.75, 3.05) is 13.1 Å². The van der Waals surface area contributed by atoms with Gasteiger partial charge >= 0.3 is 0 Å². The normalized spacial score (nSPS) is 15.8. The van der Waals surface area contributed by atoms with Gasteiger partial charge in [0.2, 0.25) is 5.91 Å². The van der Waals surface area contributed by atoms with Crippen LogP contribution < -0.4 is 11.1 Å². The Balaban J connectivity index is 0.00000196. The first-order valence-electron chi connectivity index (χ1n) is 9.48. The second-order valence-electron chi connectivity index (χ2n) is 7.28. The van der Waals surface area contributed by atoms with Crippen molar-refractivity contribution in [2.45, 2.75) is 44.8 Å². The monoisotopic (exact) mass is 423 g/mol. The van der Waals surface area contributed by atoms with Gasteiger partial charge in [-0.05, 0) is 42.9 Å². The van der Waals surface area contributed by atoms with Crippen molar-refractivity contribution in [3.05, 3.63) is 71.3 Å². The van der Waals surface area contributed by atoms with E-state index in [1.165, 1.54) is 11.1 Å². The fourth-order valence-corrected chi connectivity index (χ4v) is 3.53. The molecule has 0 radical (unpaired) electrons. The molecular weight excluding hydrogens is 393 g/mol. The first-order valence-corrected chi connectivity index (χ1v) is 9.48. The molecule has 0 aromatic heterocycles. The van der Waals surface area contributed by atoms with Gasteiger partial charge in [0.15, 0.2) is 0 Å². The van der Waals surface area contributed by atoms with Crippen LogP contribution >= 0.6 is 24.8 Å². The summed E-state index contributed by atoms with van der Waals surface area (Å²) in [6.45, 7) is 5.16. The Morgan fingerprint density at radius 1 is 1.07 bits per heavy atom. The zero-order valence-corrected chi connectivity index (χ0v) is 18.0. The fraction of sp³-hybridized carbons (Fsp3) is 0.409. The van der Waals surface area contributed by atoms with E-state index < -0.39 is 6.04 Å². The molecule has 1 heterocycles. The molecule has 1 aliphatic heterocycles. The average molecular weight is 424 g/mol. The van der Waals surface area contributed by atoms with Crippen LogP contribution in [0.1, 0.15) is 29.5 Å². The molecular formula is C22H31Cl2N3O. The van der Waals surface area contributed by atoms with Gasteiger partial charge in [0.05, 0.1) is 6.04 Å². The Hall–Kier alpha value is -1.59. The van der Waals surface area contributed by atoms with Gasteiger partial charge in [0, 0.05) is 25.7 Å². The standard InChI is InChI=1S/C22H29N3O.2ClH/c1-17-7-5-6-10-19(17)16-25-13-11-20(12-14-25)24-22(26)21(23)15-18-8-3-2-4-9-18;;/h2-10,20-21H,11-16,23H2,1H3,(H,24,26);2*1H. The molecule has 0 saturated carbocycles. The van der Waals surface area contributed by atoms with Gasteiger partial charge < -0.3 is 11.1 Å². The van der Waals surface area contributed by atoms with Crippen LogP contribution in [0.15, 0.2) is 54.6 Å². The van der Waals surface area contributed by atoms with E-state index in [4.69, 9.17) is 5.73 Å². The Labute approximate surface area is 180 Å². The maximum absolute atomic E-state index is 12.4. The Kier molecular flexibility index (Phi) is 10.5. The van der Waals surface area contributed by atoms with Crippen LogP contribution in [0.3, 0.4) is 0 Å². The number of amides is 1. The van der Waals surface area contributed by atoms with Crippen molar-refractivity contribution in [3.63, 3.8) is 0 Å². The van der Waals surface area contributed by atoms with E-state index in [9.17, 15) is 4.79 Å². The second-order valence-corrected chi connectivity index (χ2v) is 7.28. The number of hydrogen-bond donors (Lipinski definition) is 2. The van der Waals surface area contributed by atoms with Crippen LogP contribution in [0.2, 0.25) is 0 Å². The number of rotatable bonds is 6. The second kappa shape index (κ2) is 12.1. The number of nitrogens with zero attached hydrogens (tertiary/aromatic N) is 1. The predicted molar refractivity (Wildman–Crippen MR) is 120 cm³/mol. The summed E-state index contributed by atoms with van der Waals surface area (Å²) >= 11 is 0. The number of carbonyl (C=O) groups is 1. The summed E-state index contributed by atoms with van der Waals surface area (Å²) in [5.74, 6) is -0.0359. The summed E-state index contributed by atoms with van der Waals surface area (Å²) in [5.41, 5.74) is 9.92. The van der Waals surface area contributed by atoms with Crippen LogP contribution in [0, 0.1) is 6.92 Å². The molecule has 154 valence electrons. The number of likely N-dealkylation sites (tertiary alicyclic amines) is 1. The molecule has 3 rings (SSSR count). The summed E-state index contributed by atoms with van der Waals surface area (Å²) in [6, 6.07) is 18.2. The molecule has 1 atom stereocenters. The highest BCUT2D eigenvalue weighted by Crippen LogP contribution is 2.16. The van der Waals surface area contributed by atoms with E-state index in [-0.39, 0.29) is 36.8 Å². The van der Waals surface area contributed by atoms with Gasteiger partial charge in [-0.15, -0.1) is 24.8 Å². The number of aryl methyl sites for hydroxylation is 1. The van der Waals surface area contributed by atoms with Gasteiger partial charge in [-0.1, -0.05) is 54.6 Å². The van der Waals surface area contributed by atoms with Gasteiger partial charge in [0.1, 0.15) is 0 Å². The van der Waals surface area contributed by atoms with Gasteiger partial charge in [0.25, 0.3) is 0 Å². The van der Waals surface area contributed by atoms with Crippen molar-refractivity contribution in [1.29, 1.82) is 0 Å². The number of halogens is 2. The van der Waals surface area contributed by atoms with Crippen LogP contribution in [-0.4, -0.2) is 36.0 Å². The number of piperidine rings is 1. The third kappa shape index (κ3) is 7.10. The van der Waals surface area contributed by atoms with Crippen LogP contribution in [0.25, 0.3) is 0 Å². The van der Waals surface area contributed by atoms with E-state index in [0.717, 1.165) is 38.0 Å². The number of hydrogen-bond acceptors (Lipinski definition) is 3. The molecule has 0 spiro atoms. The van der Waals surface area contributed by atoms with E-state index >= 15 is 0 Å². The molecule has 1 amide bonds.